The molecule has 1 unspecified atom stereocenters. The highest BCUT2D eigenvalue weighted by Gasteiger charge is 2.19. The number of amides is 1. The van der Waals surface area contributed by atoms with E-state index in [9.17, 15) is 14.7 Å². The van der Waals surface area contributed by atoms with Crippen molar-refractivity contribution in [2.45, 2.75) is 32.3 Å². The zero-order valence-corrected chi connectivity index (χ0v) is 15.9. The Bertz CT molecular complexity index is 842. The Balaban J connectivity index is 1.88. The summed E-state index contributed by atoms with van der Waals surface area (Å²) < 4.78 is 10.6. The monoisotopic (exact) mass is 375 g/mol. The average Bonchev–Trinajstić information content (AvgIpc) is 2.63. The van der Waals surface area contributed by atoms with Gasteiger partial charge in [-0.25, -0.2) is 4.98 Å². The van der Waals surface area contributed by atoms with Gasteiger partial charge in [0.1, 0.15) is 35.6 Å². The first-order valence-electron chi connectivity index (χ1n) is 8.53. The maximum atomic E-state index is 12.1. The number of rotatable bonds is 7. The molecule has 0 bridgehead atoms. The van der Waals surface area contributed by atoms with Crippen LogP contribution in [0.25, 0.3) is 0 Å². The third-order valence-corrected chi connectivity index (χ3v) is 3.74. The van der Waals surface area contributed by atoms with E-state index in [0.29, 0.717) is 17.3 Å². The molecule has 0 saturated carbocycles. The van der Waals surface area contributed by atoms with E-state index in [1.54, 1.807) is 31.4 Å². The molecule has 8 heteroatoms. The molecule has 1 aromatic carbocycles. The molecule has 2 aromatic rings. The second-order valence-corrected chi connectivity index (χ2v) is 7.08. The number of aromatic amines is 1. The molecule has 1 aromatic heterocycles. The maximum Gasteiger partial charge on any atom is 0.263 e. The summed E-state index contributed by atoms with van der Waals surface area (Å²) in [4.78, 5) is 31.0. The van der Waals surface area contributed by atoms with Crippen molar-refractivity contribution in [3.63, 3.8) is 0 Å². The number of carbonyl (C=O) groups is 1. The summed E-state index contributed by atoms with van der Waals surface area (Å²) in [6, 6.07) is 6.96. The predicted molar refractivity (Wildman–Crippen MR) is 100 cm³/mol. The van der Waals surface area contributed by atoms with Gasteiger partial charge < -0.3 is 24.9 Å². The van der Waals surface area contributed by atoms with E-state index < -0.39 is 17.6 Å². The smallest absolute Gasteiger partial charge is 0.263 e. The first kappa shape index (κ1) is 20.4. The second-order valence-electron chi connectivity index (χ2n) is 7.08. The van der Waals surface area contributed by atoms with Crippen LogP contribution in [0.1, 0.15) is 37.0 Å². The summed E-state index contributed by atoms with van der Waals surface area (Å²) >= 11 is 0. The molecule has 146 valence electrons. The molecule has 1 heterocycles. The highest BCUT2D eigenvalue weighted by molar-refractivity contribution is 5.93. The van der Waals surface area contributed by atoms with Gasteiger partial charge in [0.05, 0.1) is 7.11 Å². The van der Waals surface area contributed by atoms with Gasteiger partial charge in [-0.15, -0.1) is 0 Å². The van der Waals surface area contributed by atoms with E-state index in [0.717, 1.165) is 0 Å². The van der Waals surface area contributed by atoms with Gasteiger partial charge in [0.25, 0.3) is 11.5 Å². The number of hydrogen-bond donors (Lipinski definition) is 3. The minimum Gasteiger partial charge on any atom is -0.497 e. The molecular weight excluding hydrogens is 350 g/mol. The summed E-state index contributed by atoms with van der Waals surface area (Å²) in [5, 5.41) is 12.5. The van der Waals surface area contributed by atoms with Gasteiger partial charge >= 0.3 is 0 Å². The van der Waals surface area contributed by atoms with Crippen LogP contribution in [-0.4, -0.2) is 47.3 Å². The Morgan fingerprint density at radius 3 is 2.67 bits per heavy atom. The quantitative estimate of drug-likeness (QED) is 0.671. The van der Waals surface area contributed by atoms with Gasteiger partial charge in [-0.1, -0.05) is 26.8 Å². The third kappa shape index (κ3) is 5.82. The molecule has 1 atom stereocenters. The zero-order chi connectivity index (χ0) is 20.0. The first-order chi connectivity index (χ1) is 12.7. The number of aliphatic hydroxyl groups is 1. The lowest BCUT2D eigenvalue weighted by molar-refractivity contribution is 0.0842. The Labute approximate surface area is 157 Å². The van der Waals surface area contributed by atoms with Crippen LogP contribution in [0.15, 0.2) is 35.3 Å². The average molecular weight is 375 g/mol. The van der Waals surface area contributed by atoms with Crippen molar-refractivity contribution >= 4 is 5.91 Å². The Morgan fingerprint density at radius 1 is 1.33 bits per heavy atom. The van der Waals surface area contributed by atoms with Crippen LogP contribution in [0.5, 0.6) is 11.5 Å². The van der Waals surface area contributed by atoms with E-state index in [-0.39, 0.29) is 24.1 Å². The minimum absolute atomic E-state index is 0.0228. The van der Waals surface area contributed by atoms with Gasteiger partial charge in [-0.05, 0) is 12.1 Å². The highest BCUT2D eigenvalue weighted by atomic mass is 16.5. The molecule has 0 aliphatic rings. The van der Waals surface area contributed by atoms with Crippen LogP contribution in [-0.2, 0) is 5.41 Å². The first-order valence-corrected chi connectivity index (χ1v) is 8.53. The molecule has 2 rings (SSSR count). The van der Waals surface area contributed by atoms with Crippen molar-refractivity contribution in [2.75, 3.05) is 20.3 Å². The number of H-pyrrole nitrogens is 1. The minimum atomic E-state index is -0.943. The number of nitrogens with one attached hydrogen (secondary N) is 2. The largest absolute Gasteiger partial charge is 0.497 e. The van der Waals surface area contributed by atoms with Gasteiger partial charge in [-0.2, -0.15) is 0 Å². The van der Waals surface area contributed by atoms with Gasteiger partial charge in [0.2, 0.25) is 0 Å². The molecule has 0 aliphatic heterocycles. The van der Waals surface area contributed by atoms with Gasteiger partial charge in [-0.3, -0.25) is 9.59 Å². The number of carbonyl (C=O) groups excluding carboxylic acids is 1. The van der Waals surface area contributed by atoms with E-state index in [2.05, 4.69) is 15.3 Å². The second kappa shape index (κ2) is 8.68. The molecule has 0 fully saturated rings. The molecule has 0 radical (unpaired) electrons. The van der Waals surface area contributed by atoms with E-state index in [4.69, 9.17) is 9.47 Å². The van der Waals surface area contributed by atoms with Crippen LogP contribution in [0.2, 0.25) is 0 Å². The molecule has 0 spiro atoms. The molecule has 8 nitrogen and oxygen atoms in total. The number of ether oxygens (including phenoxy) is 2. The lowest BCUT2D eigenvalue weighted by atomic mass is 9.96. The number of hydrogen-bond acceptors (Lipinski definition) is 6. The fourth-order valence-electron chi connectivity index (χ4n) is 2.19. The van der Waals surface area contributed by atoms with Crippen LogP contribution >= 0.6 is 0 Å². The number of benzene rings is 1. The molecule has 1 amide bonds. The van der Waals surface area contributed by atoms with E-state index >= 15 is 0 Å². The number of aliphatic hydroxyl groups excluding tert-OH is 1. The number of nitrogens with zero attached hydrogens (tertiary/aromatic N) is 1. The van der Waals surface area contributed by atoms with E-state index in [1.165, 1.54) is 6.20 Å². The fraction of sp³-hybridized carbons (Fsp3) is 0.421. The SMILES string of the molecule is COc1cccc(OCC(O)CNC(=O)c2cnc(C(C)(C)C)[nH]c2=O)c1. The Hall–Kier alpha value is -2.87. The molecule has 27 heavy (non-hydrogen) atoms. The lowest BCUT2D eigenvalue weighted by Gasteiger charge is -2.17. The van der Waals surface area contributed by atoms with Crippen LogP contribution in [0, 0.1) is 0 Å². The van der Waals surface area contributed by atoms with Crippen molar-refractivity contribution in [3.8, 4) is 11.5 Å². The van der Waals surface area contributed by atoms with E-state index in [1.807, 2.05) is 20.8 Å². The maximum absolute atomic E-state index is 12.1. The van der Waals surface area contributed by atoms with Crippen molar-refractivity contribution in [3.05, 3.63) is 52.2 Å². The summed E-state index contributed by atoms with van der Waals surface area (Å²) in [5.74, 6) is 1.07. The molecule has 3 N–H and O–H groups in total. The standard InChI is InChI=1S/C19H25N3O5/c1-19(2,3)18-21-10-15(17(25)22-18)16(24)20-9-12(23)11-27-14-7-5-6-13(8-14)26-4/h5-8,10,12,23H,9,11H2,1-4H3,(H,20,24)(H,21,22,25). The zero-order valence-electron chi connectivity index (χ0n) is 15.9. The van der Waals surface area contributed by atoms with Crippen LogP contribution in [0.3, 0.4) is 0 Å². The normalized spacial score (nSPS) is 12.3. The topological polar surface area (TPSA) is 114 Å². The predicted octanol–water partition coefficient (Wildman–Crippen LogP) is 1.25. The van der Waals surface area contributed by atoms with Crippen molar-refractivity contribution in [2.24, 2.45) is 0 Å². The number of methoxy groups -OCH3 is 1. The van der Waals surface area contributed by atoms with Crippen LogP contribution < -0.4 is 20.3 Å². The molecular formula is C19H25N3O5. The fourth-order valence-corrected chi connectivity index (χ4v) is 2.19. The molecule has 0 saturated heterocycles. The number of aromatic nitrogens is 2. The summed E-state index contributed by atoms with van der Waals surface area (Å²) in [5.41, 5.74) is -0.958. The summed E-state index contributed by atoms with van der Waals surface area (Å²) in [6.07, 6.45) is 0.300. The third-order valence-electron chi connectivity index (χ3n) is 3.74. The van der Waals surface area contributed by atoms with Crippen molar-refractivity contribution in [1.82, 2.24) is 15.3 Å². The van der Waals surface area contributed by atoms with Gasteiger partial charge in [0, 0.05) is 24.2 Å². The molecule has 0 aliphatic carbocycles. The summed E-state index contributed by atoms with van der Waals surface area (Å²) in [7, 11) is 1.55. The van der Waals surface area contributed by atoms with Crippen LogP contribution in [0.4, 0.5) is 0 Å². The highest BCUT2D eigenvalue weighted by Crippen LogP contribution is 2.19. The van der Waals surface area contributed by atoms with Crippen molar-refractivity contribution in [1.29, 1.82) is 0 Å². The lowest BCUT2D eigenvalue weighted by Crippen LogP contribution is -2.38. The Kier molecular flexibility index (Phi) is 6.57. The Morgan fingerprint density at radius 2 is 2.04 bits per heavy atom. The van der Waals surface area contributed by atoms with Gasteiger partial charge in [0.15, 0.2) is 0 Å². The summed E-state index contributed by atoms with van der Waals surface area (Å²) in [6.45, 7) is 5.63. The van der Waals surface area contributed by atoms with Crippen molar-refractivity contribution < 1.29 is 19.4 Å².